The van der Waals surface area contributed by atoms with Crippen LogP contribution in [0.2, 0.25) is 0 Å². The van der Waals surface area contributed by atoms with Gasteiger partial charge < -0.3 is 0 Å². The normalized spacial score (nSPS) is 10.8. The molecule has 0 N–H and O–H groups in total. The summed E-state index contributed by atoms with van der Waals surface area (Å²) in [6, 6.07) is 6.42. The van der Waals surface area contributed by atoms with Gasteiger partial charge in [0.15, 0.2) is 0 Å². The average molecular weight is 158 g/mol. The lowest BCUT2D eigenvalue weighted by Crippen LogP contribution is -2.01. The van der Waals surface area contributed by atoms with Crippen molar-refractivity contribution in [1.29, 1.82) is 0 Å². The monoisotopic (exact) mass is 158 g/mol. The van der Waals surface area contributed by atoms with Crippen LogP contribution in [0.15, 0.2) is 18.2 Å². The van der Waals surface area contributed by atoms with E-state index in [4.69, 9.17) is 0 Å². The van der Waals surface area contributed by atoms with E-state index in [-0.39, 0.29) is 0 Å². The van der Waals surface area contributed by atoms with E-state index in [9.17, 15) is 0 Å². The number of aryl methyl sites for hydroxylation is 2. The maximum absolute atomic E-state index is 4.35. The Morgan fingerprint density at radius 3 is 2.92 bits per heavy atom. The van der Waals surface area contributed by atoms with Crippen LogP contribution in [-0.2, 0) is 7.05 Å². The summed E-state index contributed by atoms with van der Waals surface area (Å²) in [6.45, 7) is 2.04. The van der Waals surface area contributed by atoms with Crippen molar-refractivity contribution < 1.29 is 0 Å². The highest BCUT2D eigenvalue weighted by atomic mass is 15.3. The second-order valence-corrected chi connectivity index (χ2v) is 3.23. The molecule has 12 heavy (non-hydrogen) atoms. The molecule has 0 unspecified atom stereocenters. The van der Waals surface area contributed by atoms with E-state index in [2.05, 4.69) is 31.1 Å². The van der Waals surface area contributed by atoms with Crippen molar-refractivity contribution in [2.45, 2.75) is 6.92 Å². The Kier molecular flexibility index (Phi) is 1.46. The fourth-order valence-electron chi connectivity index (χ4n) is 1.55. The highest BCUT2D eigenvalue weighted by molar-refractivity contribution is 6.33. The van der Waals surface area contributed by atoms with Gasteiger partial charge in [0.25, 0.3) is 0 Å². The summed E-state index contributed by atoms with van der Waals surface area (Å²) in [5, 5.41) is 5.60. The molecule has 2 rings (SSSR count). The van der Waals surface area contributed by atoms with Crippen molar-refractivity contribution in [3.63, 3.8) is 0 Å². The van der Waals surface area contributed by atoms with Crippen molar-refractivity contribution in [1.82, 2.24) is 9.78 Å². The van der Waals surface area contributed by atoms with Gasteiger partial charge in [-0.1, -0.05) is 17.6 Å². The van der Waals surface area contributed by atoms with E-state index in [1.807, 2.05) is 18.7 Å². The standard InChI is InChI=1S/C9H11BN2/c1-6-8-4-3-7(10)5-9(8)12(2)11-6/h3-5H,10H2,1-2H3. The van der Waals surface area contributed by atoms with E-state index in [0.29, 0.717) is 0 Å². The molecule has 0 atom stereocenters. The number of fused-ring (bicyclic) bond motifs is 1. The molecule has 1 aromatic heterocycles. The van der Waals surface area contributed by atoms with Crippen LogP contribution in [0.3, 0.4) is 0 Å². The van der Waals surface area contributed by atoms with Gasteiger partial charge in [-0.3, -0.25) is 4.68 Å². The first-order chi connectivity index (χ1) is 5.68. The minimum atomic E-state index is 1.10. The zero-order valence-corrected chi connectivity index (χ0v) is 7.63. The molecule has 0 aliphatic heterocycles. The lowest BCUT2D eigenvalue weighted by molar-refractivity contribution is 0.783. The van der Waals surface area contributed by atoms with Crippen molar-refractivity contribution in [3.05, 3.63) is 23.9 Å². The molecular weight excluding hydrogens is 147 g/mol. The Bertz CT molecular complexity index is 431. The lowest BCUT2D eigenvalue weighted by Gasteiger charge is -1.94. The van der Waals surface area contributed by atoms with Gasteiger partial charge in [0, 0.05) is 12.4 Å². The Labute approximate surface area is 72.6 Å². The van der Waals surface area contributed by atoms with Gasteiger partial charge in [0.2, 0.25) is 0 Å². The number of rotatable bonds is 0. The maximum Gasteiger partial charge on any atom is 0.139 e. The van der Waals surface area contributed by atoms with Crippen molar-refractivity contribution in [2.24, 2.45) is 7.05 Å². The van der Waals surface area contributed by atoms with Gasteiger partial charge in [-0.15, -0.1) is 0 Å². The zero-order valence-electron chi connectivity index (χ0n) is 7.63. The van der Waals surface area contributed by atoms with Crippen molar-refractivity contribution in [2.75, 3.05) is 0 Å². The van der Waals surface area contributed by atoms with Gasteiger partial charge in [-0.05, 0) is 13.0 Å². The van der Waals surface area contributed by atoms with E-state index in [0.717, 1.165) is 5.69 Å². The van der Waals surface area contributed by atoms with E-state index < -0.39 is 0 Å². The Balaban J connectivity index is 2.90. The van der Waals surface area contributed by atoms with Gasteiger partial charge in [-0.25, -0.2) is 0 Å². The minimum absolute atomic E-state index is 1.10. The first-order valence-electron chi connectivity index (χ1n) is 4.08. The zero-order chi connectivity index (χ0) is 8.72. The number of nitrogens with zero attached hydrogens (tertiary/aromatic N) is 2. The fourth-order valence-corrected chi connectivity index (χ4v) is 1.55. The summed E-state index contributed by atoms with van der Waals surface area (Å²) in [6.07, 6.45) is 0. The Morgan fingerprint density at radius 2 is 2.17 bits per heavy atom. The summed E-state index contributed by atoms with van der Waals surface area (Å²) >= 11 is 0. The first kappa shape index (κ1) is 7.41. The summed E-state index contributed by atoms with van der Waals surface area (Å²) in [4.78, 5) is 0. The van der Waals surface area contributed by atoms with Crippen LogP contribution >= 0.6 is 0 Å². The summed E-state index contributed by atoms with van der Waals surface area (Å²) in [7, 11) is 4.08. The molecule has 1 heterocycles. The van der Waals surface area contributed by atoms with Crippen molar-refractivity contribution in [3.8, 4) is 0 Å². The fraction of sp³-hybridized carbons (Fsp3) is 0.222. The Hall–Kier alpha value is -1.25. The highest BCUT2D eigenvalue weighted by Crippen LogP contribution is 2.14. The number of hydrogen-bond acceptors (Lipinski definition) is 1. The summed E-state index contributed by atoms with van der Waals surface area (Å²) in [5.74, 6) is 0. The molecule has 2 nitrogen and oxygen atoms in total. The molecule has 0 radical (unpaired) electrons. The molecule has 0 amide bonds. The molecule has 0 aliphatic carbocycles. The predicted octanol–water partition coefficient (Wildman–Crippen LogP) is 0.140. The number of aromatic nitrogens is 2. The van der Waals surface area contributed by atoms with Gasteiger partial charge >= 0.3 is 0 Å². The van der Waals surface area contributed by atoms with Crippen LogP contribution in [0.25, 0.3) is 10.9 Å². The SMILES string of the molecule is Bc1ccc2c(C)nn(C)c2c1. The van der Waals surface area contributed by atoms with Gasteiger partial charge in [-0.2, -0.15) is 5.10 Å². The third kappa shape index (κ3) is 0.933. The largest absolute Gasteiger partial charge is 0.268 e. The van der Waals surface area contributed by atoms with E-state index >= 15 is 0 Å². The molecule has 0 fully saturated rings. The summed E-state index contributed by atoms with van der Waals surface area (Å²) < 4.78 is 1.93. The number of hydrogen-bond donors (Lipinski definition) is 0. The second kappa shape index (κ2) is 2.37. The molecule has 0 bridgehead atoms. The van der Waals surface area contributed by atoms with E-state index in [1.54, 1.807) is 0 Å². The van der Waals surface area contributed by atoms with Crippen LogP contribution in [0.4, 0.5) is 0 Å². The summed E-state index contributed by atoms with van der Waals surface area (Å²) in [5.41, 5.74) is 3.60. The Morgan fingerprint density at radius 1 is 1.42 bits per heavy atom. The smallest absolute Gasteiger partial charge is 0.139 e. The molecule has 0 aliphatic rings. The molecule has 0 spiro atoms. The molecule has 2 aromatic rings. The van der Waals surface area contributed by atoms with Gasteiger partial charge in [0.05, 0.1) is 11.2 Å². The molecule has 0 saturated carbocycles. The van der Waals surface area contributed by atoms with Crippen molar-refractivity contribution >= 4 is 24.2 Å². The predicted molar refractivity (Wildman–Crippen MR) is 53.6 cm³/mol. The topological polar surface area (TPSA) is 17.8 Å². The van der Waals surface area contributed by atoms with E-state index in [1.165, 1.54) is 16.4 Å². The van der Waals surface area contributed by atoms with Crippen LogP contribution in [0, 0.1) is 6.92 Å². The average Bonchev–Trinajstić information content (AvgIpc) is 2.28. The van der Waals surface area contributed by atoms with Crippen LogP contribution < -0.4 is 5.46 Å². The molecule has 3 heteroatoms. The third-order valence-electron chi connectivity index (χ3n) is 2.19. The van der Waals surface area contributed by atoms with Gasteiger partial charge in [0.1, 0.15) is 7.85 Å². The lowest BCUT2D eigenvalue weighted by atomic mass is 9.95. The highest BCUT2D eigenvalue weighted by Gasteiger charge is 2.02. The minimum Gasteiger partial charge on any atom is -0.268 e. The maximum atomic E-state index is 4.35. The second-order valence-electron chi connectivity index (χ2n) is 3.23. The number of benzene rings is 1. The van der Waals surface area contributed by atoms with Crippen LogP contribution in [0.5, 0.6) is 0 Å². The third-order valence-corrected chi connectivity index (χ3v) is 2.19. The van der Waals surface area contributed by atoms with Crippen LogP contribution in [-0.4, -0.2) is 17.6 Å². The molecule has 0 saturated heterocycles. The molecule has 60 valence electrons. The quantitative estimate of drug-likeness (QED) is 0.498. The first-order valence-corrected chi connectivity index (χ1v) is 4.08. The molecular formula is C9H11BN2. The van der Waals surface area contributed by atoms with Crippen LogP contribution in [0.1, 0.15) is 5.69 Å². The molecule has 1 aromatic carbocycles.